The van der Waals surface area contributed by atoms with Crippen LogP contribution in [0.2, 0.25) is 0 Å². The Balaban J connectivity index is 2.27. The van der Waals surface area contributed by atoms with Crippen molar-refractivity contribution < 1.29 is 13.6 Å². The predicted molar refractivity (Wildman–Crippen MR) is 74.9 cm³/mol. The van der Waals surface area contributed by atoms with Gasteiger partial charge in [-0.3, -0.25) is 4.79 Å². The van der Waals surface area contributed by atoms with Gasteiger partial charge in [0.2, 0.25) is 0 Å². The Bertz CT molecular complexity index is 617. The number of halogens is 2. The van der Waals surface area contributed by atoms with Crippen LogP contribution in [0.25, 0.3) is 0 Å². The van der Waals surface area contributed by atoms with E-state index in [0.717, 1.165) is 24.1 Å². The average molecular weight is 274 g/mol. The second-order valence-electron chi connectivity index (χ2n) is 4.89. The quantitative estimate of drug-likeness (QED) is 0.738. The molecule has 1 atom stereocenters. The molecule has 0 saturated carbocycles. The molecule has 2 aromatic carbocycles. The first-order valence-corrected chi connectivity index (χ1v) is 6.62. The minimum absolute atomic E-state index is 0.153. The zero-order valence-electron chi connectivity index (χ0n) is 11.5. The van der Waals surface area contributed by atoms with Crippen molar-refractivity contribution in [1.82, 2.24) is 0 Å². The Kier molecular flexibility index (Phi) is 4.28. The van der Waals surface area contributed by atoms with Gasteiger partial charge in [0, 0.05) is 11.1 Å². The standard InChI is InChI=1S/C17H16F2O/c1-3-11(2)12-4-6-13(7-5-12)17(20)14-8-9-15(18)16(19)10-14/h4-11H,3H2,1-2H3. The van der Waals surface area contributed by atoms with Crippen LogP contribution in [0, 0.1) is 11.6 Å². The van der Waals surface area contributed by atoms with Crippen molar-refractivity contribution in [2.24, 2.45) is 0 Å². The summed E-state index contributed by atoms with van der Waals surface area (Å²) < 4.78 is 26.0. The Morgan fingerprint density at radius 1 is 1.00 bits per heavy atom. The Morgan fingerprint density at radius 2 is 1.60 bits per heavy atom. The molecule has 0 amide bonds. The highest BCUT2D eigenvalue weighted by molar-refractivity contribution is 6.08. The van der Waals surface area contributed by atoms with Gasteiger partial charge in [-0.15, -0.1) is 0 Å². The van der Waals surface area contributed by atoms with Crippen LogP contribution in [0.3, 0.4) is 0 Å². The number of hydrogen-bond acceptors (Lipinski definition) is 1. The molecule has 1 unspecified atom stereocenters. The van der Waals surface area contributed by atoms with Crippen LogP contribution in [0.4, 0.5) is 8.78 Å². The monoisotopic (exact) mass is 274 g/mol. The molecule has 0 fully saturated rings. The van der Waals surface area contributed by atoms with Crippen molar-refractivity contribution in [3.63, 3.8) is 0 Å². The molecule has 0 bridgehead atoms. The van der Waals surface area contributed by atoms with E-state index in [1.54, 1.807) is 12.1 Å². The summed E-state index contributed by atoms with van der Waals surface area (Å²) in [5, 5.41) is 0. The predicted octanol–water partition coefficient (Wildman–Crippen LogP) is 4.71. The van der Waals surface area contributed by atoms with E-state index in [4.69, 9.17) is 0 Å². The summed E-state index contributed by atoms with van der Waals surface area (Å²) in [4.78, 5) is 12.2. The maximum atomic E-state index is 13.1. The molecule has 0 saturated heterocycles. The number of hydrogen-bond donors (Lipinski definition) is 0. The van der Waals surface area contributed by atoms with Crippen molar-refractivity contribution in [2.75, 3.05) is 0 Å². The van der Waals surface area contributed by atoms with Crippen molar-refractivity contribution >= 4 is 5.78 Å². The third-order valence-corrected chi connectivity index (χ3v) is 3.54. The van der Waals surface area contributed by atoms with E-state index in [2.05, 4.69) is 13.8 Å². The number of carbonyl (C=O) groups excluding carboxylic acids is 1. The van der Waals surface area contributed by atoms with Gasteiger partial charge in [-0.05, 0) is 36.1 Å². The van der Waals surface area contributed by atoms with Crippen LogP contribution in [-0.2, 0) is 0 Å². The van der Waals surface area contributed by atoms with E-state index in [1.807, 2.05) is 12.1 Å². The van der Waals surface area contributed by atoms with Crippen LogP contribution in [0.1, 0.15) is 47.7 Å². The Labute approximate surface area is 117 Å². The smallest absolute Gasteiger partial charge is 0.193 e. The van der Waals surface area contributed by atoms with E-state index in [1.165, 1.54) is 6.07 Å². The molecule has 0 spiro atoms. The van der Waals surface area contributed by atoms with Gasteiger partial charge in [0.25, 0.3) is 0 Å². The zero-order valence-corrected chi connectivity index (χ0v) is 11.5. The molecule has 104 valence electrons. The lowest BCUT2D eigenvalue weighted by Crippen LogP contribution is -2.03. The normalized spacial score (nSPS) is 12.2. The van der Waals surface area contributed by atoms with E-state index >= 15 is 0 Å². The second kappa shape index (κ2) is 5.95. The lowest BCUT2D eigenvalue weighted by molar-refractivity contribution is 0.103. The third kappa shape index (κ3) is 2.93. The van der Waals surface area contributed by atoms with Gasteiger partial charge in [0.1, 0.15) is 0 Å². The molecule has 3 heteroatoms. The maximum absolute atomic E-state index is 13.1. The highest BCUT2D eigenvalue weighted by Gasteiger charge is 2.12. The maximum Gasteiger partial charge on any atom is 0.193 e. The van der Waals surface area contributed by atoms with Gasteiger partial charge in [0.05, 0.1) is 0 Å². The van der Waals surface area contributed by atoms with Gasteiger partial charge in [0.15, 0.2) is 17.4 Å². The van der Waals surface area contributed by atoms with Crippen LogP contribution >= 0.6 is 0 Å². The summed E-state index contributed by atoms with van der Waals surface area (Å²) in [5.41, 5.74) is 1.79. The van der Waals surface area contributed by atoms with E-state index < -0.39 is 11.6 Å². The molecule has 0 radical (unpaired) electrons. The van der Waals surface area contributed by atoms with Crippen LogP contribution in [0.15, 0.2) is 42.5 Å². The molecular formula is C17H16F2O. The fraction of sp³-hybridized carbons (Fsp3) is 0.235. The van der Waals surface area contributed by atoms with Crippen molar-refractivity contribution in [3.8, 4) is 0 Å². The summed E-state index contributed by atoms with van der Waals surface area (Å²) >= 11 is 0. The number of rotatable bonds is 4. The van der Waals surface area contributed by atoms with Crippen LogP contribution in [0.5, 0.6) is 0 Å². The van der Waals surface area contributed by atoms with Gasteiger partial charge in [-0.1, -0.05) is 38.1 Å². The molecular weight excluding hydrogens is 258 g/mol. The molecule has 1 nitrogen and oxygen atoms in total. The minimum atomic E-state index is -1.01. The van der Waals surface area contributed by atoms with Crippen LogP contribution < -0.4 is 0 Å². The third-order valence-electron chi connectivity index (χ3n) is 3.54. The molecule has 2 rings (SSSR count). The summed E-state index contributed by atoms with van der Waals surface area (Å²) in [6.45, 7) is 4.22. The molecule has 0 aliphatic carbocycles. The summed E-state index contributed by atoms with van der Waals surface area (Å²) in [6, 6.07) is 10.5. The average Bonchev–Trinajstić information content (AvgIpc) is 2.48. The molecule has 2 aromatic rings. The lowest BCUT2D eigenvalue weighted by atomic mass is 9.95. The number of benzene rings is 2. The highest BCUT2D eigenvalue weighted by atomic mass is 19.2. The SMILES string of the molecule is CCC(C)c1ccc(C(=O)c2ccc(F)c(F)c2)cc1. The fourth-order valence-electron chi connectivity index (χ4n) is 2.00. The lowest BCUT2D eigenvalue weighted by Gasteiger charge is -2.09. The first-order valence-electron chi connectivity index (χ1n) is 6.62. The first-order chi connectivity index (χ1) is 9.52. The van der Waals surface area contributed by atoms with Gasteiger partial charge >= 0.3 is 0 Å². The number of ketones is 1. The minimum Gasteiger partial charge on any atom is -0.289 e. The molecule has 0 aliphatic rings. The largest absolute Gasteiger partial charge is 0.289 e. The van der Waals surface area contributed by atoms with Gasteiger partial charge in [-0.25, -0.2) is 8.78 Å². The fourth-order valence-corrected chi connectivity index (χ4v) is 2.00. The Morgan fingerprint density at radius 3 is 2.15 bits per heavy atom. The van der Waals surface area contributed by atoms with Crippen molar-refractivity contribution in [1.29, 1.82) is 0 Å². The van der Waals surface area contributed by atoms with E-state index in [9.17, 15) is 13.6 Å². The Hall–Kier alpha value is -2.03. The molecule has 0 N–H and O–H groups in total. The van der Waals surface area contributed by atoms with Crippen LogP contribution in [-0.4, -0.2) is 5.78 Å². The molecule has 0 aromatic heterocycles. The topological polar surface area (TPSA) is 17.1 Å². The first kappa shape index (κ1) is 14.4. The molecule has 0 heterocycles. The van der Waals surface area contributed by atoms with E-state index in [0.29, 0.717) is 11.5 Å². The van der Waals surface area contributed by atoms with Crippen molar-refractivity contribution in [2.45, 2.75) is 26.2 Å². The van der Waals surface area contributed by atoms with Gasteiger partial charge in [-0.2, -0.15) is 0 Å². The van der Waals surface area contributed by atoms with Gasteiger partial charge < -0.3 is 0 Å². The molecule has 0 aliphatic heterocycles. The summed E-state index contributed by atoms with van der Waals surface area (Å²) in [5.74, 6) is -1.83. The second-order valence-corrected chi connectivity index (χ2v) is 4.89. The summed E-state index contributed by atoms with van der Waals surface area (Å²) in [6.07, 6.45) is 1.02. The van der Waals surface area contributed by atoms with E-state index in [-0.39, 0.29) is 11.3 Å². The highest BCUT2D eigenvalue weighted by Crippen LogP contribution is 2.20. The summed E-state index contributed by atoms with van der Waals surface area (Å²) in [7, 11) is 0. The number of carbonyl (C=O) groups is 1. The zero-order chi connectivity index (χ0) is 14.7. The van der Waals surface area contributed by atoms with Crippen molar-refractivity contribution in [3.05, 3.63) is 70.8 Å². The molecule has 20 heavy (non-hydrogen) atoms.